The van der Waals surface area contributed by atoms with Crippen LogP contribution in [0.2, 0.25) is 0 Å². The number of nitrogens with zero attached hydrogens (tertiary/aromatic N) is 4. The maximum absolute atomic E-state index is 18.1. The SMILES string of the molecule is CC(C)(C)c1cc(-c2c3nc(c(-c4cc(C(C)(C)C)cc(C(C)(C)C)c4)c4cc5c(=O)c6cc7[nH]c6c6c8nc(cc8c8cc(nc8c6c5[nH]4)c(-c4cc(C(C)(C)C)cc(C(C)(C)C)c4)c4ccc2[nH]4)c(-c2cc(C(C)(C)C)cc(C(C)(C)C)c2)c2ccc([nH]2)c(-c2cc(C(C)(C)C)cc(C(C)(C)C)c2)c2nc(c7-c4cc(C(C)(C)C)cc(C(C)(C)C)c4)C=C2)C=C3)cc(C(C)(C)C)c1. The molecule has 0 fully saturated rings. The van der Waals surface area contributed by atoms with Gasteiger partial charge in [0.2, 0.25) is 0 Å². The number of aromatic amines is 4. The van der Waals surface area contributed by atoms with Crippen LogP contribution in [-0.4, -0.2) is 39.9 Å². The van der Waals surface area contributed by atoms with Gasteiger partial charge in [-0.25, -0.2) is 19.9 Å². The van der Waals surface area contributed by atoms with Crippen molar-refractivity contribution in [1.29, 1.82) is 0 Å². The normalized spacial score (nSPS) is 13.9. The summed E-state index contributed by atoms with van der Waals surface area (Å²) in [7, 11) is 0. The molecule has 9 heteroatoms. The Bertz CT molecular complexity index is 7300. The fourth-order valence-electron chi connectivity index (χ4n) is 19.8. The van der Waals surface area contributed by atoms with E-state index in [1.165, 1.54) is 66.8 Å². The van der Waals surface area contributed by atoms with Crippen molar-refractivity contribution in [3.8, 4) is 66.8 Å². The van der Waals surface area contributed by atoms with E-state index in [0.29, 0.717) is 21.8 Å². The van der Waals surface area contributed by atoms with Gasteiger partial charge in [0.15, 0.2) is 5.43 Å². The highest BCUT2D eigenvalue weighted by Crippen LogP contribution is 2.52. The van der Waals surface area contributed by atoms with Crippen LogP contribution < -0.4 is 5.43 Å². The number of rotatable bonds is 6. The first-order valence-electron chi connectivity index (χ1n) is 48.8. The van der Waals surface area contributed by atoms with Crippen LogP contribution in [0.1, 0.15) is 339 Å². The molecule has 0 aliphatic carbocycles. The lowest BCUT2D eigenvalue weighted by Crippen LogP contribution is -2.16. The maximum atomic E-state index is 18.1. The molecule has 4 N–H and O–H groups in total. The van der Waals surface area contributed by atoms with Crippen LogP contribution in [0.4, 0.5) is 0 Å². The minimum Gasteiger partial charge on any atom is -0.354 e. The molecule has 0 unspecified atom stereocenters. The third-order valence-electron chi connectivity index (χ3n) is 28.7. The van der Waals surface area contributed by atoms with Gasteiger partial charge in [0, 0.05) is 98.8 Å². The van der Waals surface area contributed by atoms with Gasteiger partial charge >= 0.3 is 0 Å². The first-order valence-corrected chi connectivity index (χ1v) is 48.8. The van der Waals surface area contributed by atoms with Gasteiger partial charge in [0.1, 0.15) is 0 Å². The topological polar surface area (TPSA) is 132 Å². The highest BCUT2D eigenvalue weighted by molar-refractivity contribution is 6.36. The van der Waals surface area contributed by atoms with Crippen molar-refractivity contribution >= 4 is 123 Å². The standard InChI is InChI=1S/C125H142N8O/c1-114(2,3)73-45-67(46-74(57-73)115(4,5)6)101-89-37-41-93(126-89)103(69-49-77(118(13,14)15)59-78(50-69)119(16,17)18)97-63-85-86-64-98-104(70-51-79(120(19,20)21)60-80(52-70)121(22,23)24)94-42-38-90(127-94)102(68-47-75(116(7,8)9)58-76(48-68)117(10,11)12)92-40-44-96(129-92)106(72-55-83(124(31,32)33)62-84(56-72)125(34,35)36)100-66-88-112(133-100)108(110(86)131-98)107(109(85)130-97)111-87(113(88)134)65-99(132-111)105(95-43-39-91(101)128-95)71-53-81(122(25,26)27)61-82(54-71)123(28,29)30/h37-66,126-127,132-133H,1-36H3. The van der Waals surface area contributed by atoms with E-state index in [4.69, 9.17) is 19.9 Å². The molecule has 2 aliphatic rings. The Hall–Kier alpha value is -11.8. The third kappa shape index (κ3) is 16.7. The zero-order valence-electron chi connectivity index (χ0n) is 87.0. The monoisotopic (exact) mass is 1770 g/mol. The van der Waals surface area contributed by atoms with Crippen molar-refractivity contribution in [2.24, 2.45) is 0 Å². The molecule has 0 radical (unpaired) electrons. The number of H-pyrrole nitrogens is 4. The van der Waals surface area contributed by atoms with Crippen LogP contribution in [0, 0.1) is 0 Å². The molecule has 134 heavy (non-hydrogen) atoms. The van der Waals surface area contributed by atoms with Gasteiger partial charge in [-0.2, -0.15) is 0 Å². The molecule has 0 saturated carbocycles. The summed E-state index contributed by atoms with van der Waals surface area (Å²) < 4.78 is 0. The van der Waals surface area contributed by atoms with Crippen LogP contribution in [-0.2, 0) is 65.0 Å². The van der Waals surface area contributed by atoms with E-state index in [1.807, 2.05) is 0 Å². The van der Waals surface area contributed by atoms with Crippen molar-refractivity contribution in [3.63, 3.8) is 0 Å². The predicted octanol–water partition coefficient (Wildman–Crippen LogP) is 34.5. The zero-order chi connectivity index (χ0) is 97.0. The minimum absolute atomic E-state index is 0.150. The van der Waals surface area contributed by atoms with E-state index < -0.39 is 0 Å². The van der Waals surface area contributed by atoms with Gasteiger partial charge in [-0.1, -0.05) is 358 Å². The minimum atomic E-state index is -0.268. The van der Waals surface area contributed by atoms with E-state index in [1.54, 1.807) is 0 Å². The average Bonchev–Trinajstić information content (AvgIpc) is 1.53. The molecular weight excluding hydrogens is 1630 g/mol. The zero-order valence-corrected chi connectivity index (χ0v) is 87.0. The van der Waals surface area contributed by atoms with Crippen molar-refractivity contribution in [1.82, 2.24) is 39.9 Å². The van der Waals surface area contributed by atoms with Crippen molar-refractivity contribution in [3.05, 3.63) is 257 Å². The summed E-state index contributed by atoms with van der Waals surface area (Å²) in [5, 5.41) is 4.34. The summed E-state index contributed by atoms with van der Waals surface area (Å²) in [5.41, 5.74) is 35.8. The molecule has 0 saturated heterocycles. The summed E-state index contributed by atoms with van der Waals surface area (Å²) in [6.07, 6.45) is 8.91. The van der Waals surface area contributed by atoms with E-state index in [-0.39, 0.29) is 70.4 Å². The first-order chi connectivity index (χ1) is 61.8. The summed E-state index contributed by atoms with van der Waals surface area (Å²) in [4.78, 5) is 60.3. The predicted molar refractivity (Wildman–Crippen MR) is 580 cm³/mol. The molecule has 688 valence electrons. The van der Waals surface area contributed by atoms with E-state index in [2.05, 4.69) is 451 Å². The number of aromatic nitrogens is 8. The largest absolute Gasteiger partial charge is 0.354 e. The molecule has 0 amide bonds. The summed E-state index contributed by atoms with van der Waals surface area (Å²) in [6, 6.07) is 61.5. The summed E-state index contributed by atoms with van der Waals surface area (Å²) in [5.74, 6) is 0. The lowest BCUT2D eigenvalue weighted by Gasteiger charge is -2.26. The lowest BCUT2D eigenvalue weighted by molar-refractivity contribution is 0.568. The molecule has 18 rings (SSSR count). The van der Waals surface area contributed by atoms with Crippen LogP contribution in [0.5, 0.6) is 0 Å². The summed E-state index contributed by atoms with van der Waals surface area (Å²) >= 11 is 0. The average molecular weight is 1770 g/mol. The Morgan fingerprint density at radius 2 is 0.381 bits per heavy atom. The molecule has 16 aromatic rings. The Morgan fingerprint density at radius 1 is 0.194 bits per heavy atom. The molecule has 16 bridgehead atoms. The molecule has 2 aliphatic heterocycles. The van der Waals surface area contributed by atoms with Crippen molar-refractivity contribution < 1.29 is 0 Å². The van der Waals surface area contributed by atoms with Gasteiger partial charge in [-0.15, -0.1) is 0 Å². The number of hydrogen-bond acceptors (Lipinski definition) is 5. The van der Waals surface area contributed by atoms with Crippen LogP contribution >= 0.6 is 0 Å². The maximum Gasteiger partial charge on any atom is 0.197 e. The second-order valence-corrected chi connectivity index (χ2v) is 51.9. The Kier molecular flexibility index (Phi) is 21.2. The quantitative estimate of drug-likeness (QED) is 0.132. The van der Waals surface area contributed by atoms with Gasteiger partial charge < -0.3 is 19.9 Å². The van der Waals surface area contributed by atoms with Gasteiger partial charge in [-0.3, -0.25) is 4.79 Å². The van der Waals surface area contributed by atoms with Crippen LogP contribution in [0.15, 0.2) is 163 Å². The number of hydrogen-bond donors (Lipinski definition) is 4. The number of fused-ring (bicyclic) bond motifs is 13. The van der Waals surface area contributed by atoms with E-state index >= 15 is 4.79 Å². The molecule has 0 atom stereocenters. The van der Waals surface area contributed by atoms with Gasteiger partial charge in [0.25, 0.3) is 0 Å². The first kappa shape index (κ1) is 92.6. The molecule has 9 nitrogen and oxygen atoms in total. The summed E-state index contributed by atoms with van der Waals surface area (Å²) in [6.45, 7) is 83.5. The van der Waals surface area contributed by atoms with Crippen molar-refractivity contribution in [2.75, 3.05) is 0 Å². The Balaban J connectivity index is 1.17. The lowest BCUT2D eigenvalue weighted by atomic mass is 9.78. The number of nitrogens with one attached hydrogen (secondary N) is 4. The second kappa shape index (κ2) is 30.6. The molecule has 8 aromatic heterocycles. The fourth-order valence-corrected chi connectivity index (χ4v) is 19.8. The van der Waals surface area contributed by atoms with Gasteiger partial charge in [0.05, 0.1) is 55.9 Å². The van der Waals surface area contributed by atoms with Crippen molar-refractivity contribution in [2.45, 2.75) is 314 Å². The smallest absolute Gasteiger partial charge is 0.197 e. The van der Waals surface area contributed by atoms with E-state index in [9.17, 15) is 0 Å². The number of benzene rings is 7. The third-order valence-corrected chi connectivity index (χ3v) is 28.7. The Morgan fingerprint density at radius 3 is 0.582 bits per heavy atom. The van der Waals surface area contributed by atoms with Crippen LogP contribution in [0.25, 0.3) is 190 Å². The molecular formula is C125H142N8O. The van der Waals surface area contributed by atoms with Gasteiger partial charge in [-0.05, 0) is 238 Å². The Labute approximate surface area is 795 Å². The van der Waals surface area contributed by atoms with Crippen LogP contribution in [0.3, 0.4) is 0 Å². The second-order valence-electron chi connectivity index (χ2n) is 51.9. The molecule has 10 heterocycles. The highest BCUT2D eigenvalue weighted by atomic mass is 16.1. The molecule has 8 aromatic carbocycles. The highest BCUT2D eigenvalue weighted by Gasteiger charge is 2.35. The fraction of sp³-hybridized carbons (Fsp3) is 0.384. The van der Waals surface area contributed by atoms with E-state index in [0.717, 1.165) is 166 Å². The molecule has 0 spiro atoms.